The van der Waals surface area contributed by atoms with Crippen LogP contribution in [0.5, 0.6) is 0 Å². The maximum absolute atomic E-state index is 12.5. The summed E-state index contributed by atoms with van der Waals surface area (Å²) in [6.07, 6.45) is -3.87. The van der Waals surface area contributed by atoms with Crippen LogP contribution in [0.2, 0.25) is 0 Å². The second-order valence-corrected chi connectivity index (χ2v) is 3.43. The molecular formula is C10H9F3N2O3. The lowest BCUT2D eigenvalue weighted by Crippen LogP contribution is -2.39. The maximum Gasteiger partial charge on any atom is 0.434 e. The first-order valence-electron chi connectivity index (χ1n) is 4.79. The number of amides is 1. The van der Waals surface area contributed by atoms with Crippen LogP contribution in [0, 0.1) is 0 Å². The number of aliphatic carboxylic acids is 1. The number of carboxylic acids is 1. The Labute approximate surface area is 99.6 Å². The van der Waals surface area contributed by atoms with Crippen LogP contribution < -0.4 is 5.32 Å². The van der Waals surface area contributed by atoms with Crippen molar-refractivity contribution in [3.8, 4) is 0 Å². The van der Waals surface area contributed by atoms with E-state index in [-0.39, 0.29) is 0 Å². The number of rotatable bonds is 3. The van der Waals surface area contributed by atoms with Gasteiger partial charge in [-0.1, -0.05) is 0 Å². The molecule has 8 heteroatoms. The maximum atomic E-state index is 12.5. The number of hydrogen-bond donors (Lipinski definition) is 2. The fourth-order valence-corrected chi connectivity index (χ4v) is 1.15. The minimum absolute atomic E-state index is 0.710. The highest BCUT2D eigenvalue weighted by Crippen LogP contribution is 2.29. The topological polar surface area (TPSA) is 79.3 Å². The number of nitrogens with zero attached hydrogens (tertiary/aromatic N) is 1. The third kappa shape index (κ3) is 3.19. The van der Waals surface area contributed by atoms with Crippen LogP contribution in [0.1, 0.15) is 23.0 Å². The molecule has 1 aromatic rings. The lowest BCUT2D eigenvalue weighted by atomic mass is 10.1. The Kier molecular flexibility index (Phi) is 3.89. The molecule has 0 radical (unpaired) electrons. The van der Waals surface area contributed by atoms with E-state index < -0.39 is 35.4 Å². The third-order valence-corrected chi connectivity index (χ3v) is 2.04. The van der Waals surface area contributed by atoms with E-state index >= 15 is 0 Å². The van der Waals surface area contributed by atoms with Crippen molar-refractivity contribution in [2.24, 2.45) is 0 Å². The lowest BCUT2D eigenvalue weighted by molar-refractivity contribution is -0.141. The third-order valence-electron chi connectivity index (χ3n) is 2.04. The van der Waals surface area contributed by atoms with Crippen LogP contribution in [0.4, 0.5) is 13.2 Å². The molecular weight excluding hydrogens is 253 g/mol. The molecule has 18 heavy (non-hydrogen) atoms. The lowest BCUT2D eigenvalue weighted by Gasteiger charge is -2.13. The predicted molar refractivity (Wildman–Crippen MR) is 53.8 cm³/mol. The van der Waals surface area contributed by atoms with E-state index in [9.17, 15) is 22.8 Å². The van der Waals surface area contributed by atoms with Crippen molar-refractivity contribution in [1.82, 2.24) is 10.3 Å². The first-order valence-corrected chi connectivity index (χ1v) is 4.79. The van der Waals surface area contributed by atoms with Crippen LogP contribution in [0.25, 0.3) is 0 Å². The van der Waals surface area contributed by atoms with E-state index in [2.05, 4.69) is 4.98 Å². The SMILES string of the molecule is CC(NC(=O)c1cccnc1C(F)(F)F)C(=O)O. The highest BCUT2D eigenvalue weighted by atomic mass is 19.4. The van der Waals surface area contributed by atoms with Crippen molar-refractivity contribution in [2.45, 2.75) is 19.1 Å². The number of halogens is 3. The molecule has 98 valence electrons. The molecule has 0 aromatic carbocycles. The predicted octanol–water partition coefficient (Wildman–Crippen LogP) is 1.30. The largest absolute Gasteiger partial charge is 0.480 e. The smallest absolute Gasteiger partial charge is 0.434 e. The van der Waals surface area contributed by atoms with Crippen LogP contribution in [0.15, 0.2) is 18.3 Å². The number of carbonyl (C=O) groups is 2. The molecule has 0 bridgehead atoms. The molecule has 5 nitrogen and oxygen atoms in total. The standard InChI is InChI=1S/C10H9F3N2O3/c1-5(9(17)18)15-8(16)6-3-2-4-14-7(6)10(11,12)13/h2-5H,1H3,(H,15,16)(H,17,18). The van der Waals surface area contributed by atoms with Gasteiger partial charge in [-0.15, -0.1) is 0 Å². The highest BCUT2D eigenvalue weighted by Gasteiger charge is 2.37. The van der Waals surface area contributed by atoms with Crippen LogP contribution >= 0.6 is 0 Å². The summed E-state index contributed by atoms with van der Waals surface area (Å²) in [7, 11) is 0. The molecule has 0 aliphatic rings. The summed E-state index contributed by atoms with van der Waals surface area (Å²) >= 11 is 0. The van der Waals surface area contributed by atoms with Crippen LogP contribution in [-0.2, 0) is 11.0 Å². The first-order chi connectivity index (χ1) is 8.23. The van der Waals surface area contributed by atoms with E-state index in [1.54, 1.807) is 0 Å². The molecule has 1 atom stereocenters. The van der Waals surface area contributed by atoms with Gasteiger partial charge in [-0.2, -0.15) is 13.2 Å². The van der Waals surface area contributed by atoms with Crippen molar-refractivity contribution in [3.05, 3.63) is 29.6 Å². The monoisotopic (exact) mass is 262 g/mol. The Bertz CT molecular complexity index is 474. The Hall–Kier alpha value is -2.12. The zero-order chi connectivity index (χ0) is 13.9. The summed E-state index contributed by atoms with van der Waals surface area (Å²) in [5, 5.41) is 10.5. The average molecular weight is 262 g/mol. The van der Waals surface area contributed by atoms with Gasteiger partial charge in [0.2, 0.25) is 0 Å². The van der Waals surface area contributed by atoms with Gasteiger partial charge in [0.1, 0.15) is 6.04 Å². The zero-order valence-electron chi connectivity index (χ0n) is 9.15. The summed E-state index contributed by atoms with van der Waals surface area (Å²) in [6.45, 7) is 1.14. The molecule has 1 amide bonds. The molecule has 0 fully saturated rings. The number of carbonyl (C=O) groups excluding carboxylic acids is 1. The van der Waals surface area contributed by atoms with Gasteiger partial charge < -0.3 is 10.4 Å². The summed E-state index contributed by atoms with van der Waals surface area (Å²) in [5.41, 5.74) is -2.06. The second kappa shape index (κ2) is 5.03. The number of carboxylic acid groups (broad SMARTS) is 1. The van der Waals surface area contributed by atoms with Gasteiger partial charge in [-0.3, -0.25) is 14.6 Å². The normalized spacial score (nSPS) is 12.9. The summed E-state index contributed by atoms with van der Waals surface area (Å²) in [6, 6.07) is 0.800. The fraction of sp³-hybridized carbons (Fsp3) is 0.300. The second-order valence-electron chi connectivity index (χ2n) is 3.43. The van der Waals surface area contributed by atoms with Gasteiger partial charge in [0, 0.05) is 6.20 Å². The quantitative estimate of drug-likeness (QED) is 0.860. The van der Waals surface area contributed by atoms with Gasteiger partial charge in [0.05, 0.1) is 5.56 Å². The average Bonchev–Trinajstić information content (AvgIpc) is 2.27. The van der Waals surface area contributed by atoms with E-state index in [0.29, 0.717) is 0 Å². The van der Waals surface area contributed by atoms with Gasteiger partial charge >= 0.3 is 12.1 Å². The van der Waals surface area contributed by atoms with Gasteiger partial charge in [-0.05, 0) is 19.1 Å². The van der Waals surface area contributed by atoms with Gasteiger partial charge in [0.15, 0.2) is 5.69 Å². The van der Waals surface area contributed by atoms with Crippen molar-refractivity contribution in [2.75, 3.05) is 0 Å². The Morgan fingerprint density at radius 2 is 2.06 bits per heavy atom. The molecule has 1 aromatic heterocycles. The molecule has 0 spiro atoms. The minimum Gasteiger partial charge on any atom is -0.480 e. The summed E-state index contributed by atoms with van der Waals surface area (Å²) in [4.78, 5) is 25.1. The zero-order valence-corrected chi connectivity index (χ0v) is 9.15. The van der Waals surface area contributed by atoms with Gasteiger partial charge in [0.25, 0.3) is 5.91 Å². The Morgan fingerprint density at radius 3 is 2.56 bits per heavy atom. The van der Waals surface area contributed by atoms with E-state index in [0.717, 1.165) is 25.3 Å². The number of pyridine rings is 1. The van der Waals surface area contributed by atoms with Crippen molar-refractivity contribution < 1.29 is 27.9 Å². The van der Waals surface area contributed by atoms with Crippen LogP contribution in [-0.4, -0.2) is 28.0 Å². The van der Waals surface area contributed by atoms with E-state index in [1.807, 2.05) is 5.32 Å². The van der Waals surface area contributed by atoms with Gasteiger partial charge in [-0.25, -0.2) is 0 Å². The Morgan fingerprint density at radius 1 is 1.44 bits per heavy atom. The number of nitrogens with one attached hydrogen (secondary N) is 1. The molecule has 1 rings (SSSR count). The summed E-state index contributed by atoms with van der Waals surface area (Å²) < 4.78 is 37.6. The Balaban J connectivity index is 3.03. The summed E-state index contributed by atoms with van der Waals surface area (Å²) in [5.74, 6) is -2.48. The fourth-order valence-electron chi connectivity index (χ4n) is 1.15. The molecule has 0 saturated carbocycles. The number of aromatic nitrogens is 1. The highest BCUT2D eigenvalue weighted by molar-refractivity contribution is 5.97. The molecule has 1 heterocycles. The van der Waals surface area contributed by atoms with E-state index in [1.165, 1.54) is 0 Å². The van der Waals surface area contributed by atoms with Crippen molar-refractivity contribution >= 4 is 11.9 Å². The number of hydrogen-bond acceptors (Lipinski definition) is 3. The molecule has 0 aliphatic heterocycles. The molecule has 2 N–H and O–H groups in total. The van der Waals surface area contributed by atoms with Crippen molar-refractivity contribution in [1.29, 1.82) is 0 Å². The molecule has 0 saturated heterocycles. The number of alkyl halides is 3. The first kappa shape index (κ1) is 13.9. The van der Waals surface area contributed by atoms with Crippen molar-refractivity contribution in [3.63, 3.8) is 0 Å². The van der Waals surface area contributed by atoms with Crippen LogP contribution in [0.3, 0.4) is 0 Å². The minimum atomic E-state index is -4.78. The molecule has 1 unspecified atom stereocenters. The molecule has 0 aliphatic carbocycles. The van der Waals surface area contributed by atoms with E-state index in [4.69, 9.17) is 5.11 Å².